The maximum Gasteiger partial charge on any atom is 0.00669 e. The van der Waals surface area contributed by atoms with Gasteiger partial charge < -0.3 is 5.32 Å². The molecular weight excluding hydrogens is 190 g/mol. The van der Waals surface area contributed by atoms with Crippen molar-refractivity contribution < 1.29 is 0 Å². The molecule has 1 fully saturated rings. The van der Waals surface area contributed by atoms with Gasteiger partial charge >= 0.3 is 0 Å². The van der Waals surface area contributed by atoms with Gasteiger partial charge in [-0.15, -0.1) is 0 Å². The Morgan fingerprint density at radius 2 is 2.00 bits per heavy atom. The Bertz CT molecular complexity index is 132. The number of hydrogen-bond acceptors (Lipinski definition) is 2. The minimum absolute atomic E-state index is 0.756. The molecule has 1 aliphatic rings. The van der Waals surface area contributed by atoms with Crippen molar-refractivity contribution in [2.45, 2.75) is 51.5 Å². The van der Waals surface area contributed by atoms with Crippen LogP contribution in [-0.2, 0) is 0 Å². The van der Waals surface area contributed by atoms with E-state index in [1.807, 2.05) is 11.8 Å². The molecule has 2 heteroatoms. The summed E-state index contributed by atoms with van der Waals surface area (Å²) in [4.78, 5) is 0. The molecule has 0 aromatic heterocycles. The molecular formula is C12H25NS. The minimum atomic E-state index is 0.756. The predicted octanol–water partition coefficient (Wildman–Crippen LogP) is 3.30. The molecule has 0 saturated heterocycles. The lowest BCUT2D eigenvalue weighted by Crippen LogP contribution is -2.32. The molecule has 0 aromatic carbocycles. The van der Waals surface area contributed by atoms with Crippen molar-refractivity contribution in [1.82, 2.24) is 5.32 Å². The van der Waals surface area contributed by atoms with E-state index >= 15 is 0 Å². The largest absolute Gasteiger partial charge is 0.314 e. The van der Waals surface area contributed by atoms with Gasteiger partial charge in [0.1, 0.15) is 0 Å². The fourth-order valence-corrected chi connectivity index (χ4v) is 2.82. The van der Waals surface area contributed by atoms with Crippen LogP contribution < -0.4 is 5.32 Å². The van der Waals surface area contributed by atoms with Crippen LogP contribution in [-0.4, -0.2) is 24.6 Å². The van der Waals surface area contributed by atoms with Gasteiger partial charge in [0.2, 0.25) is 0 Å². The zero-order valence-corrected chi connectivity index (χ0v) is 10.5. The summed E-state index contributed by atoms with van der Waals surface area (Å²) in [5.74, 6) is 2.29. The van der Waals surface area contributed by atoms with Crippen LogP contribution in [0.1, 0.15) is 45.4 Å². The van der Waals surface area contributed by atoms with Crippen LogP contribution in [0.5, 0.6) is 0 Å². The van der Waals surface area contributed by atoms with Crippen molar-refractivity contribution in [2.75, 3.05) is 18.6 Å². The second-order valence-electron chi connectivity index (χ2n) is 4.49. The number of unbranched alkanes of at least 4 members (excludes halogenated alkanes) is 1. The van der Waals surface area contributed by atoms with E-state index in [9.17, 15) is 0 Å². The molecule has 1 rings (SSSR count). The first-order chi connectivity index (χ1) is 6.84. The monoisotopic (exact) mass is 215 g/mol. The molecule has 0 radical (unpaired) electrons. The standard InChI is InChI=1S/C12H25NS/c1-11(12-7-3-4-8-12)13-9-5-6-10-14-2/h11-13H,3-10H2,1-2H3/t11-/m0/s1. The summed E-state index contributed by atoms with van der Waals surface area (Å²) in [6, 6.07) is 0.756. The van der Waals surface area contributed by atoms with Crippen LogP contribution in [0.25, 0.3) is 0 Å². The highest BCUT2D eigenvalue weighted by molar-refractivity contribution is 7.98. The molecule has 1 N–H and O–H groups in total. The molecule has 0 aliphatic heterocycles. The number of hydrogen-bond donors (Lipinski definition) is 1. The third kappa shape index (κ3) is 4.70. The summed E-state index contributed by atoms with van der Waals surface area (Å²) < 4.78 is 0. The van der Waals surface area contributed by atoms with Crippen LogP contribution in [0.3, 0.4) is 0 Å². The normalized spacial score (nSPS) is 20.1. The van der Waals surface area contributed by atoms with Crippen molar-refractivity contribution in [3.05, 3.63) is 0 Å². The highest BCUT2D eigenvalue weighted by Crippen LogP contribution is 2.27. The van der Waals surface area contributed by atoms with Gasteiger partial charge in [0.25, 0.3) is 0 Å². The predicted molar refractivity (Wildman–Crippen MR) is 67.0 cm³/mol. The fraction of sp³-hybridized carbons (Fsp3) is 1.00. The smallest absolute Gasteiger partial charge is 0.00669 e. The number of nitrogens with one attached hydrogen (secondary N) is 1. The van der Waals surface area contributed by atoms with E-state index in [4.69, 9.17) is 0 Å². The van der Waals surface area contributed by atoms with Crippen LogP contribution in [0.15, 0.2) is 0 Å². The molecule has 0 amide bonds. The van der Waals surface area contributed by atoms with Gasteiger partial charge in [-0.1, -0.05) is 12.8 Å². The van der Waals surface area contributed by atoms with Crippen LogP contribution >= 0.6 is 11.8 Å². The van der Waals surface area contributed by atoms with Crippen LogP contribution in [0.2, 0.25) is 0 Å². The first-order valence-electron chi connectivity index (χ1n) is 6.07. The summed E-state index contributed by atoms with van der Waals surface area (Å²) in [5.41, 5.74) is 0. The summed E-state index contributed by atoms with van der Waals surface area (Å²) in [7, 11) is 0. The van der Waals surface area contributed by atoms with E-state index < -0.39 is 0 Å². The second-order valence-corrected chi connectivity index (χ2v) is 5.47. The maximum atomic E-state index is 3.67. The van der Waals surface area contributed by atoms with Crippen molar-refractivity contribution in [3.63, 3.8) is 0 Å². The number of rotatable bonds is 7. The van der Waals surface area contributed by atoms with E-state index in [1.165, 1.54) is 50.8 Å². The Morgan fingerprint density at radius 3 is 2.64 bits per heavy atom. The van der Waals surface area contributed by atoms with Gasteiger partial charge in [-0.2, -0.15) is 11.8 Å². The Labute approximate surface area is 93.4 Å². The molecule has 0 heterocycles. The minimum Gasteiger partial charge on any atom is -0.314 e. The Balaban J connectivity index is 1.94. The third-order valence-electron chi connectivity index (χ3n) is 3.35. The average Bonchev–Trinajstić information content (AvgIpc) is 2.70. The van der Waals surface area contributed by atoms with Crippen molar-refractivity contribution in [2.24, 2.45) is 5.92 Å². The lowest BCUT2D eigenvalue weighted by atomic mass is 10.00. The SMILES string of the molecule is CSCCCCN[C@@H](C)C1CCCC1. The topological polar surface area (TPSA) is 12.0 Å². The van der Waals surface area contributed by atoms with E-state index in [0.29, 0.717) is 0 Å². The molecule has 14 heavy (non-hydrogen) atoms. The summed E-state index contributed by atoms with van der Waals surface area (Å²) in [6.45, 7) is 3.59. The molecule has 1 aliphatic carbocycles. The van der Waals surface area contributed by atoms with Gasteiger partial charge in [-0.05, 0) is 57.1 Å². The van der Waals surface area contributed by atoms with E-state index in [-0.39, 0.29) is 0 Å². The fourth-order valence-electron chi connectivity index (χ4n) is 2.33. The van der Waals surface area contributed by atoms with Crippen molar-refractivity contribution in [3.8, 4) is 0 Å². The first-order valence-corrected chi connectivity index (χ1v) is 7.46. The molecule has 1 atom stereocenters. The van der Waals surface area contributed by atoms with Gasteiger partial charge in [0, 0.05) is 6.04 Å². The zero-order valence-electron chi connectivity index (χ0n) is 9.72. The molecule has 84 valence electrons. The van der Waals surface area contributed by atoms with Gasteiger partial charge in [0.05, 0.1) is 0 Å². The number of thioether (sulfide) groups is 1. The van der Waals surface area contributed by atoms with Crippen LogP contribution in [0, 0.1) is 5.92 Å². The lowest BCUT2D eigenvalue weighted by Gasteiger charge is -2.20. The molecule has 1 nitrogen and oxygen atoms in total. The molecule has 0 bridgehead atoms. The van der Waals surface area contributed by atoms with Gasteiger partial charge in [0.15, 0.2) is 0 Å². The highest BCUT2D eigenvalue weighted by atomic mass is 32.2. The Kier molecular flexibility index (Phi) is 6.70. The van der Waals surface area contributed by atoms with Crippen molar-refractivity contribution in [1.29, 1.82) is 0 Å². The van der Waals surface area contributed by atoms with E-state index in [2.05, 4.69) is 18.5 Å². The van der Waals surface area contributed by atoms with Crippen molar-refractivity contribution >= 4 is 11.8 Å². The Morgan fingerprint density at radius 1 is 1.29 bits per heavy atom. The van der Waals surface area contributed by atoms with Crippen LogP contribution in [0.4, 0.5) is 0 Å². The quantitative estimate of drug-likeness (QED) is 0.654. The lowest BCUT2D eigenvalue weighted by molar-refractivity contribution is 0.380. The molecule has 1 saturated carbocycles. The average molecular weight is 215 g/mol. The summed E-state index contributed by atoms with van der Waals surface area (Å²) in [5, 5.41) is 3.67. The zero-order chi connectivity index (χ0) is 10.2. The van der Waals surface area contributed by atoms with Gasteiger partial charge in [-0.3, -0.25) is 0 Å². The maximum absolute atomic E-state index is 3.67. The van der Waals surface area contributed by atoms with E-state index in [0.717, 1.165) is 12.0 Å². The molecule has 0 unspecified atom stereocenters. The summed E-state index contributed by atoms with van der Waals surface area (Å²) in [6.07, 6.45) is 10.7. The molecule has 0 aromatic rings. The second kappa shape index (κ2) is 7.58. The van der Waals surface area contributed by atoms with Gasteiger partial charge in [-0.25, -0.2) is 0 Å². The summed E-state index contributed by atoms with van der Waals surface area (Å²) >= 11 is 1.96. The first kappa shape index (κ1) is 12.4. The van der Waals surface area contributed by atoms with E-state index in [1.54, 1.807) is 0 Å². The highest BCUT2D eigenvalue weighted by Gasteiger charge is 2.20. The Hall–Kier alpha value is 0.310. The molecule has 0 spiro atoms. The third-order valence-corrected chi connectivity index (χ3v) is 4.05.